The highest BCUT2D eigenvalue weighted by molar-refractivity contribution is 7.86. The zero-order valence-electron chi connectivity index (χ0n) is 10.5. The van der Waals surface area contributed by atoms with Crippen molar-refractivity contribution in [1.29, 1.82) is 0 Å². The summed E-state index contributed by atoms with van der Waals surface area (Å²) in [5.41, 5.74) is -1.13. The Balaban J connectivity index is 2.34. The van der Waals surface area contributed by atoms with Crippen LogP contribution >= 0.6 is 0 Å². The van der Waals surface area contributed by atoms with E-state index in [-0.39, 0.29) is 18.7 Å². The summed E-state index contributed by atoms with van der Waals surface area (Å²) in [6.45, 7) is -0.216. The number of para-hydroxylation sites is 1. The van der Waals surface area contributed by atoms with Crippen LogP contribution in [0.15, 0.2) is 18.2 Å². The smallest absolute Gasteiger partial charge is 0.306 e. The molecule has 1 heterocycles. The molecule has 7 nitrogen and oxygen atoms in total. The van der Waals surface area contributed by atoms with Gasteiger partial charge in [-0.1, -0.05) is 6.07 Å². The number of rotatable bonds is 4. The van der Waals surface area contributed by atoms with Gasteiger partial charge in [0.1, 0.15) is 5.69 Å². The summed E-state index contributed by atoms with van der Waals surface area (Å²) in [5.74, 6) is -3.39. The second-order valence-corrected chi connectivity index (χ2v) is 6.06. The van der Waals surface area contributed by atoms with Crippen LogP contribution in [0.25, 0.3) is 0 Å². The van der Waals surface area contributed by atoms with Gasteiger partial charge in [0.05, 0.1) is 10.7 Å². The maximum atomic E-state index is 13.5. The third kappa shape index (κ3) is 3.32. The summed E-state index contributed by atoms with van der Waals surface area (Å²) >= 11 is 0. The maximum absolute atomic E-state index is 13.5. The fourth-order valence-electron chi connectivity index (χ4n) is 2.31. The van der Waals surface area contributed by atoms with Crippen molar-refractivity contribution in [3.05, 3.63) is 34.1 Å². The van der Waals surface area contributed by atoms with Crippen molar-refractivity contribution >= 4 is 27.5 Å². The largest absolute Gasteiger partial charge is 0.328 e. The van der Waals surface area contributed by atoms with Crippen LogP contribution < -0.4 is 4.90 Å². The van der Waals surface area contributed by atoms with Gasteiger partial charge in [-0.25, -0.2) is 0 Å². The number of nitro benzene ring substituents is 1. The van der Waals surface area contributed by atoms with Crippen LogP contribution in [0.5, 0.6) is 0 Å². The topological polar surface area (TPSA) is 97.6 Å². The van der Waals surface area contributed by atoms with E-state index >= 15 is 0 Å². The molecule has 1 atom stereocenters. The van der Waals surface area contributed by atoms with Gasteiger partial charge >= 0.3 is 15.9 Å². The molecule has 0 aromatic heterocycles. The predicted octanol–water partition coefficient (Wildman–Crippen LogP) is 1.39. The molecule has 0 aliphatic carbocycles. The second-order valence-electron chi connectivity index (χ2n) is 4.64. The molecule has 0 bridgehead atoms. The Bertz CT molecular complexity index is 707. The minimum absolute atomic E-state index is 0.216. The number of halogens is 2. The molecule has 1 aromatic rings. The Morgan fingerprint density at radius 1 is 1.43 bits per heavy atom. The lowest BCUT2D eigenvalue weighted by Gasteiger charge is -2.16. The summed E-state index contributed by atoms with van der Waals surface area (Å²) in [5, 5.41) is 10.9. The number of benzene rings is 1. The molecule has 0 spiro atoms. The first-order valence-electron chi connectivity index (χ1n) is 5.84. The van der Waals surface area contributed by atoms with E-state index in [1.54, 1.807) is 0 Å². The minimum Gasteiger partial charge on any atom is -0.306 e. The van der Waals surface area contributed by atoms with E-state index in [0.717, 1.165) is 11.0 Å². The van der Waals surface area contributed by atoms with Gasteiger partial charge in [-0.15, -0.1) is 3.89 Å². The number of amides is 1. The molecule has 0 saturated carbocycles. The molecule has 1 aliphatic rings. The summed E-state index contributed by atoms with van der Waals surface area (Å²) in [6, 6.07) is 3.27. The zero-order chi connectivity index (χ0) is 15.8. The molecule has 10 heteroatoms. The third-order valence-corrected chi connectivity index (χ3v) is 3.95. The average molecular weight is 320 g/mol. The van der Waals surface area contributed by atoms with Crippen molar-refractivity contribution in [1.82, 2.24) is 0 Å². The maximum Gasteiger partial charge on any atom is 0.328 e. The normalized spacial score (nSPS) is 19.0. The molecular weight excluding hydrogens is 310 g/mol. The lowest BCUT2D eigenvalue weighted by atomic mass is 10.1. The van der Waals surface area contributed by atoms with Gasteiger partial charge in [-0.3, -0.25) is 14.9 Å². The SMILES string of the molecule is O=C1CC(CS(=O)(=O)F)CN1c1cccc(F)c1[N+](=O)[O-]. The summed E-state index contributed by atoms with van der Waals surface area (Å²) in [7, 11) is -4.76. The molecule has 21 heavy (non-hydrogen) atoms. The van der Waals surface area contributed by atoms with Crippen molar-refractivity contribution in [2.45, 2.75) is 6.42 Å². The first-order chi connectivity index (χ1) is 9.69. The van der Waals surface area contributed by atoms with Crippen LogP contribution in [-0.2, 0) is 15.0 Å². The van der Waals surface area contributed by atoms with Crippen molar-refractivity contribution in [3.8, 4) is 0 Å². The zero-order valence-corrected chi connectivity index (χ0v) is 11.3. The van der Waals surface area contributed by atoms with Gasteiger partial charge in [0.15, 0.2) is 0 Å². The summed E-state index contributed by atoms with van der Waals surface area (Å²) in [6.07, 6.45) is -0.267. The van der Waals surface area contributed by atoms with E-state index in [2.05, 4.69) is 0 Å². The van der Waals surface area contributed by atoms with Gasteiger partial charge in [-0.05, 0) is 12.1 Å². The Morgan fingerprint density at radius 3 is 2.67 bits per heavy atom. The highest BCUT2D eigenvalue weighted by Gasteiger charge is 2.37. The number of anilines is 1. The molecule has 0 N–H and O–H groups in total. The van der Waals surface area contributed by atoms with Crippen LogP contribution in [0.2, 0.25) is 0 Å². The van der Waals surface area contributed by atoms with Crippen LogP contribution in [0, 0.1) is 21.8 Å². The Hall–Kier alpha value is -2.10. The predicted molar refractivity (Wildman–Crippen MR) is 68.4 cm³/mol. The average Bonchev–Trinajstić information content (AvgIpc) is 2.66. The molecule has 1 aromatic carbocycles. The molecule has 1 saturated heterocycles. The Kier molecular flexibility index (Phi) is 3.90. The van der Waals surface area contributed by atoms with Gasteiger partial charge in [0.2, 0.25) is 11.7 Å². The first-order valence-corrected chi connectivity index (χ1v) is 7.40. The lowest BCUT2D eigenvalue weighted by molar-refractivity contribution is -0.386. The fourth-order valence-corrected chi connectivity index (χ4v) is 3.10. The molecule has 1 amide bonds. The molecule has 0 radical (unpaired) electrons. The van der Waals surface area contributed by atoms with E-state index in [1.165, 1.54) is 12.1 Å². The van der Waals surface area contributed by atoms with Crippen molar-refractivity contribution in [2.75, 3.05) is 17.2 Å². The van der Waals surface area contributed by atoms with Crippen molar-refractivity contribution < 1.29 is 26.4 Å². The first kappa shape index (κ1) is 15.3. The van der Waals surface area contributed by atoms with E-state index < -0.39 is 44.2 Å². The molecular formula is C11H10F2N2O5S. The number of carbonyl (C=O) groups is 1. The van der Waals surface area contributed by atoms with Crippen molar-refractivity contribution in [3.63, 3.8) is 0 Å². The van der Waals surface area contributed by atoms with Gasteiger partial charge in [0, 0.05) is 18.9 Å². The molecule has 1 fully saturated rings. The number of nitrogens with zero attached hydrogens (tertiary/aromatic N) is 2. The van der Waals surface area contributed by atoms with E-state index in [4.69, 9.17) is 0 Å². The van der Waals surface area contributed by atoms with Crippen LogP contribution in [0.3, 0.4) is 0 Å². The van der Waals surface area contributed by atoms with E-state index in [9.17, 15) is 31.6 Å². The summed E-state index contributed by atoms with van der Waals surface area (Å²) in [4.78, 5) is 22.7. The number of carbonyl (C=O) groups excluding carboxylic acids is 1. The van der Waals surface area contributed by atoms with Gasteiger partial charge in [-0.2, -0.15) is 12.8 Å². The number of nitro groups is 1. The van der Waals surface area contributed by atoms with Crippen LogP contribution in [0.1, 0.15) is 6.42 Å². The molecule has 1 unspecified atom stereocenters. The number of hydrogen-bond donors (Lipinski definition) is 0. The second kappa shape index (κ2) is 5.35. The molecule has 114 valence electrons. The van der Waals surface area contributed by atoms with Gasteiger partial charge < -0.3 is 4.90 Å². The summed E-state index contributed by atoms with van der Waals surface area (Å²) < 4.78 is 47.4. The quantitative estimate of drug-likeness (QED) is 0.474. The third-order valence-electron chi connectivity index (χ3n) is 3.08. The Morgan fingerprint density at radius 2 is 2.10 bits per heavy atom. The standard InChI is InChI=1S/C11H10F2N2O5S/c12-8-2-1-3-9(11(8)15(17)18)14-5-7(4-10(14)16)6-21(13,19)20/h1-3,7H,4-6H2. The number of hydrogen-bond acceptors (Lipinski definition) is 5. The lowest BCUT2D eigenvalue weighted by Crippen LogP contribution is -2.26. The Labute approximate surface area is 118 Å². The molecule has 1 aliphatic heterocycles. The highest BCUT2D eigenvalue weighted by Crippen LogP contribution is 2.35. The van der Waals surface area contributed by atoms with Crippen molar-refractivity contribution in [2.24, 2.45) is 5.92 Å². The fraction of sp³-hybridized carbons (Fsp3) is 0.364. The monoisotopic (exact) mass is 320 g/mol. The highest BCUT2D eigenvalue weighted by atomic mass is 32.3. The van der Waals surface area contributed by atoms with Crippen LogP contribution in [-0.4, -0.2) is 31.5 Å². The minimum atomic E-state index is -4.76. The van der Waals surface area contributed by atoms with Crippen LogP contribution in [0.4, 0.5) is 19.7 Å². The van der Waals surface area contributed by atoms with Gasteiger partial charge in [0.25, 0.3) is 0 Å². The van der Waals surface area contributed by atoms with E-state index in [0.29, 0.717) is 0 Å². The van der Waals surface area contributed by atoms with E-state index in [1.807, 2.05) is 0 Å². The molecule has 2 rings (SSSR count).